The second-order valence-electron chi connectivity index (χ2n) is 4.35. The van der Waals surface area contributed by atoms with Gasteiger partial charge in [0.2, 0.25) is 0 Å². The quantitative estimate of drug-likeness (QED) is 0.551. The average molecular weight is 247 g/mol. The number of piperidine rings is 1. The van der Waals surface area contributed by atoms with Crippen LogP contribution in [0.25, 0.3) is 0 Å². The molecular formula is C11H21NO5. The Morgan fingerprint density at radius 3 is 2.59 bits per heavy atom. The summed E-state index contributed by atoms with van der Waals surface area (Å²) < 4.78 is 5.45. The van der Waals surface area contributed by atoms with Gasteiger partial charge in [0.05, 0.1) is 31.8 Å². The van der Waals surface area contributed by atoms with Gasteiger partial charge in [-0.1, -0.05) is 0 Å². The fraction of sp³-hybridized carbons (Fsp3) is 0.909. The van der Waals surface area contributed by atoms with E-state index in [1.165, 1.54) is 0 Å². The van der Waals surface area contributed by atoms with Crippen LogP contribution >= 0.6 is 0 Å². The number of likely N-dealkylation sites (tertiary alicyclic amines) is 1. The Labute approximate surface area is 101 Å². The summed E-state index contributed by atoms with van der Waals surface area (Å²) in [5, 5.41) is 26.5. The predicted molar refractivity (Wildman–Crippen MR) is 60.8 cm³/mol. The Balaban J connectivity index is 2.11. The van der Waals surface area contributed by atoms with Crippen LogP contribution in [0.4, 0.5) is 0 Å². The van der Waals surface area contributed by atoms with Gasteiger partial charge in [0.1, 0.15) is 0 Å². The number of β-amino-alcohol motifs (C(OH)–C–C–N with tert-alkyl or cyclic N) is 1. The number of aliphatic hydroxyl groups excluding tert-OH is 2. The van der Waals surface area contributed by atoms with Crippen molar-refractivity contribution in [3.8, 4) is 0 Å². The summed E-state index contributed by atoms with van der Waals surface area (Å²) in [6, 6.07) is 0. The van der Waals surface area contributed by atoms with Gasteiger partial charge in [0, 0.05) is 19.6 Å². The molecule has 0 aromatic carbocycles. The van der Waals surface area contributed by atoms with E-state index in [-0.39, 0.29) is 25.7 Å². The van der Waals surface area contributed by atoms with Gasteiger partial charge in [-0.2, -0.15) is 0 Å². The molecule has 1 fully saturated rings. The lowest BCUT2D eigenvalue weighted by Gasteiger charge is -2.32. The lowest BCUT2D eigenvalue weighted by atomic mass is 10.1. The van der Waals surface area contributed by atoms with Crippen molar-refractivity contribution in [3.63, 3.8) is 0 Å². The normalized spacial score (nSPS) is 20.4. The van der Waals surface area contributed by atoms with E-state index in [4.69, 9.17) is 14.9 Å². The fourth-order valence-electron chi connectivity index (χ4n) is 1.93. The monoisotopic (exact) mass is 247 g/mol. The molecular weight excluding hydrogens is 226 g/mol. The summed E-state index contributed by atoms with van der Waals surface area (Å²) in [5.74, 6) is -0.839. The highest BCUT2D eigenvalue weighted by Crippen LogP contribution is 2.14. The topological polar surface area (TPSA) is 90.2 Å². The second-order valence-corrected chi connectivity index (χ2v) is 4.35. The van der Waals surface area contributed by atoms with Gasteiger partial charge in [0.15, 0.2) is 0 Å². The zero-order chi connectivity index (χ0) is 12.7. The Bertz CT molecular complexity index is 228. The lowest BCUT2D eigenvalue weighted by Crippen LogP contribution is -2.42. The number of carboxylic acids is 1. The summed E-state index contributed by atoms with van der Waals surface area (Å²) in [4.78, 5) is 12.4. The molecule has 1 aliphatic rings. The van der Waals surface area contributed by atoms with Crippen LogP contribution in [0.15, 0.2) is 0 Å². The van der Waals surface area contributed by atoms with Crippen LogP contribution in [-0.2, 0) is 9.53 Å². The maximum atomic E-state index is 10.3. The maximum Gasteiger partial charge on any atom is 0.305 e. The number of ether oxygens (including phenoxy) is 1. The first-order valence-electron chi connectivity index (χ1n) is 5.96. The molecule has 1 rings (SSSR count). The van der Waals surface area contributed by atoms with Gasteiger partial charge >= 0.3 is 5.97 Å². The molecule has 1 aliphatic heterocycles. The minimum absolute atomic E-state index is 0.0451. The van der Waals surface area contributed by atoms with Gasteiger partial charge in [-0.25, -0.2) is 0 Å². The molecule has 1 unspecified atom stereocenters. The number of aliphatic hydroxyl groups is 2. The minimum atomic E-state index is -0.839. The summed E-state index contributed by atoms with van der Waals surface area (Å²) in [5.41, 5.74) is 0. The second kappa shape index (κ2) is 7.60. The van der Waals surface area contributed by atoms with Crippen LogP contribution < -0.4 is 0 Å². The van der Waals surface area contributed by atoms with Gasteiger partial charge in [0.25, 0.3) is 0 Å². The highest BCUT2D eigenvalue weighted by Gasteiger charge is 2.21. The third-order valence-electron chi connectivity index (χ3n) is 2.88. The number of hydrogen-bond donors (Lipinski definition) is 3. The number of carbonyl (C=O) groups is 1. The molecule has 6 nitrogen and oxygen atoms in total. The molecule has 0 radical (unpaired) electrons. The van der Waals surface area contributed by atoms with Crippen molar-refractivity contribution in [3.05, 3.63) is 0 Å². The zero-order valence-electron chi connectivity index (χ0n) is 9.92. The van der Waals surface area contributed by atoms with E-state index in [9.17, 15) is 9.90 Å². The van der Waals surface area contributed by atoms with Crippen LogP contribution in [0.3, 0.4) is 0 Å². The molecule has 100 valence electrons. The van der Waals surface area contributed by atoms with E-state index in [2.05, 4.69) is 4.90 Å². The van der Waals surface area contributed by atoms with Crippen molar-refractivity contribution in [2.75, 3.05) is 32.8 Å². The molecule has 17 heavy (non-hydrogen) atoms. The zero-order valence-corrected chi connectivity index (χ0v) is 9.92. The summed E-state index contributed by atoms with van der Waals surface area (Å²) in [6.45, 7) is 2.16. The van der Waals surface area contributed by atoms with Crippen LogP contribution in [-0.4, -0.2) is 71.2 Å². The first kappa shape index (κ1) is 14.4. The average Bonchev–Trinajstić information content (AvgIpc) is 2.31. The van der Waals surface area contributed by atoms with Crippen molar-refractivity contribution >= 4 is 5.97 Å². The van der Waals surface area contributed by atoms with Crippen LogP contribution in [0.2, 0.25) is 0 Å². The van der Waals surface area contributed by atoms with E-state index in [1.807, 2.05) is 0 Å². The number of rotatable bonds is 7. The third-order valence-corrected chi connectivity index (χ3v) is 2.88. The number of hydrogen-bond acceptors (Lipinski definition) is 5. The Morgan fingerprint density at radius 1 is 1.41 bits per heavy atom. The van der Waals surface area contributed by atoms with Crippen molar-refractivity contribution in [2.45, 2.75) is 31.5 Å². The molecule has 1 atom stereocenters. The maximum absolute atomic E-state index is 10.3. The summed E-state index contributed by atoms with van der Waals surface area (Å²) in [6.07, 6.45) is 1.18. The van der Waals surface area contributed by atoms with Crippen LogP contribution in [0.1, 0.15) is 19.3 Å². The molecule has 0 spiro atoms. The fourth-order valence-corrected chi connectivity index (χ4v) is 1.93. The molecule has 0 aliphatic carbocycles. The highest BCUT2D eigenvalue weighted by molar-refractivity contribution is 5.66. The minimum Gasteiger partial charge on any atom is -0.481 e. The van der Waals surface area contributed by atoms with Gasteiger partial charge < -0.3 is 25.0 Å². The van der Waals surface area contributed by atoms with Crippen molar-refractivity contribution in [1.29, 1.82) is 0 Å². The van der Waals surface area contributed by atoms with Crippen molar-refractivity contribution < 1.29 is 24.9 Å². The largest absolute Gasteiger partial charge is 0.481 e. The number of aliphatic carboxylic acids is 1. The molecule has 0 aromatic heterocycles. The van der Waals surface area contributed by atoms with Gasteiger partial charge in [-0.05, 0) is 12.8 Å². The van der Waals surface area contributed by atoms with E-state index in [1.54, 1.807) is 0 Å². The lowest BCUT2D eigenvalue weighted by molar-refractivity contribution is -0.138. The van der Waals surface area contributed by atoms with E-state index >= 15 is 0 Å². The Morgan fingerprint density at radius 2 is 2.06 bits per heavy atom. The third kappa shape index (κ3) is 5.97. The first-order valence-corrected chi connectivity index (χ1v) is 5.96. The van der Waals surface area contributed by atoms with Crippen molar-refractivity contribution in [1.82, 2.24) is 4.90 Å². The molecule has 0 saturated carbocycles. The molecule has 0 bridgehead atoms. The smallest absolute Gasteiger partial charge is 0.305 e. The van der Waals surface area contributed by atoms with E-state index < -0.39 is 12.1 Å². The summed E-state index contributed by atoms with van der Waals surface area (Å²) >= 11 is 0. The molecule has 6 heteroatoms. The molecule has 0 aromatic rings. The summed E-state index contributed by atoms with van der Waals surface area (Å²) in [7, 11) is 0. The Hall–Kier alpha value is -0.690. The standard InChI is InChI=1S/C11H21NO5/c13-8-9(14)7-12-4-1-10(2-5-12)17-6-3-11(15)16/h9-10,13-14H,1-8H2,(H,15,16). The SMILES string of the molecule is O=C(O)CCOC1CCN(CC(O)CO)CC1. The predicted octanol–water partition coefficient (Wildman–Crippen LogP) is -0.705. The van der Waals surface area contributed by atoms with E-state index in [0.717, 1.165) is 25.9 Å². The van der Waals surface area contributed by atoms with Crippen LogP contribution in [0, 0.1) is 0 Å². The van der Waals surface area contributed by atoms with Crippen LogP contribution in [0.5, 0.6) is 0 Å². The Kier molecular flexibility index (Phi) is 6.43. The number of nitrogens with zero attached hydrogens (tertiary/aromatic N) is 1. The van der Waals surface area contributed by atoms with E-state index in [0.29, 0.717) is 6.54 Å². The van der Waals surface area contributed by atoms with Crippen molar-refractivity contribution in [2.24, 2.45) is 0 Å². The van der Waals surface area contributed by atoms with Gasteiger partial charge in [-0.15, -0.1) is 0 Å². The molecule has 1 heterocycles. The number of carboxylic acid groups (broad SMARTS) is 1. The molecule has 1 saturated heterocycles. The highest BCUT2D eigenvalue weighted by atomic mass is 16.5. The molecule has 0 amide bonds. The van der Waals surface area contributed by atoms with Gasteiger partial charge in [-0.3, -0.25) is 4.79 Å². The molecule has 3 N–H and O–H groups in total. The first-order chi connectivity index (χ1) is 8.11.